The van der Waals surface area contributed by atoms with Crippen LogP contribution in [0.2, 0.25) is 0 Å². The van der Waals surface area contributed by atoms with Gasteiger partial charge in [0.1, 0.15) is 0 Å². The van der Waals surface area contributed by atoms with Gasteiger partial charge >= 0.3 is 5.97 Å². The minimum Gasteiger partial charge on any atom is -0.464 e. The van der Waals surface area contributed by atoms with E-state index in [9.17, 15) is 4.79 Å². The zero-order valence-electron chi connectivity index (χ0n) is 10.7. The molecule has 0 amide bonds. The summed E-state index contributed by atoms with van der Waals surface area (Å²) in [6.45, 7) is 0.593. The van der Waals surface area contributed by atoms with Gasteiger partial charge in [0.25, 0.3) is 0 Å². The first-order valence-corrected chi connectivity index (χ1v) is 7.41. The van der Waals surface area contributed by atoms with Crippen LogP contribution in [0.4, 0.5) is 5.69 Å². The maximum absolute atomic E-state index is 11.7. The van der Waals surface area contributed by atoms with Crippen molar-refractivity contribution in [1.82, 2.24) is 4.98 Å². The number of benzene rings is 1. The van der Waals surface area contributed by atoms with Gasteiger partial charge in [0.15, 0.2) is 5.69 Å². The lowest BCUT2D eigenvalue weighted by atomic mass is 10.2. The second kappa shape index (κ2) is 6.85. The predicted molar refractivity (Wildman–Crippen MR) is 84.7 cm³/mol. The van der Waals surface area contributed by atoms with Crippen LogP contribution >= 0.6 is 31.9 Å². The first-order valence-electron chi connectivity index (χ1n) is 5.82. The molecule has 20 heavy (non-hydrogen) atoms. The van der Waals surface area contributed by atoms with Crippen LogP contribution in [0.15, 0.2) is 45.5 Å². The number of aromatic nitrogens is 1. The van der Waals surface area contributed by atoms with E-state index in [0.717, 1.165) is 14.5 Å². The molecule has 0 saturated carbocycles. The van der Waals surface area contributed by atoms with Gasteiger partial charge in [-0.25, -0.2) is 9.78 Å². The van der Waals surface area contributed by atoms with Crippen LogP contribution in [0.3, 0.4) is 0 Å². The number of hydrogen-bond acceptors (Lipinski definition) is 4. The summed E-state index contributed by atoms with van der Waals surface area (Å²) in [6, 6.07) is 9.74. The van der Waals surface area contributed by atoms with E-state index in [4.69, 9.17) is 4.74 Å². The first kappa shape index (κ1) is 15.0. The average molecular weight is 400 g/mol. The van der Waals surface area contributed by atoms with Gasteiger partial charge in [-0.3, -0.25) is 0 Å². The fourth-order valence-corrected chi connectivity index (χ4v) is 2.23. The Morgan fingerprint density at radius 3 is 2.60 bits per heavy atom. The number of rotatable bonds is 4. The molecule has 0 bridgehead atoms. The summed E-state index contributed by atoms with van der Waals surface area (Å²) in [4.78, 5) is 15.7. The Hall–Kier alpha value is -1.40. The lowest BCUT2D eigenvalue weighted by Crippen LogP contribution is -2.10. The normalized spacial score (nSPS) is 10.2. The third kappa shape index (κ3) is 3.80. The van der Waals surface area contributed by atoms with E-state index in [1.165, 1.54) is 7.11 Å². The highest BCUT2D eigenvalue weighted by Crippen LogP contribution is 2.21. The highest BCUT2D eigenvalue weighted by Gasteiger charge is 2.13. The number of halogens is 2. The van der Waals surface area contributed by atoms with Crippen molar-refractivity contribution in [2.75, 3.05) is 12.4 Å². The van der Waals surface area contributed by atoms with E-state index in [1.54, 1.807) is 12.3 Å². The van der Waals surface area contributed by atoms with Crippen LogP contribution in [0.1, 0.15) is 16.1 Å². The molecule has 1 N–H and O–H groups in total. The lowest BCUT2D eigenvalue weighted by molar-refractivity contribution is 0.0595. The van der Waals surface area contributed by atoms with Crippen molar-refractivity contribution in [3.05, 3.63) is 56.7 Å². The summed E-state index contributed by atoms with van der Waals surface area (Å²) in [5.41, 5.74) is 2.01. The maximum atomic E-state index is 11.7. The molecule has 1 aromatic heterocycles. The Balaban J connectivity index is 2.17. The Kier molecular flexibility index (Phi) is 5.14. The molecule has 0 aliphatic carbocycles. The average Bonchev–Trinajstić information content (AvgIpc) is 2.46. The molecule has 0 aliphatic rings. The molecule has 2 aromatic rings. The second-order valence-electron chi connectivity index (χ2n) is 4.02. The van der Waals surface area contributed by atoms with E-state index in [0.29, 0.717) is 12.2 Å². The number of pyridine rings is 1. The van der Waals surface area contributed by atoms with E-state index >= 15 is 0 Å². The minimum absolute atomic E-state index is 0.271. The Bertz CT molecular complexity index is 615. The van der Waals surface area contributed by atoms with Gasteiger partial charge in [-0.1, -0.05) is 28.1 Å². The van der Waals surface area contributed by atoms with Gasteiger partial charge in [-0.2, -0.15) is 0 Å². The Morgan fingerprint density at radius 2 is 1.95 bits per heavy atom. The van der Waals surface area contributed by atoms with Crippen LogP contribution in [-0.2, 0) is 11.3 Å². The summed E-state index contributed by atoms with van der Waals surface area (Å²) < 4.78 is 6.54. The quantitative estimate of drug-likeness (QED) is 0.789. The van der Waals surface area contributed by atoms with Crippen LogP contribution in [0.5, 0.6) is 0 Å². The number of ether oxygens (including phenoxy) is 1. The molecule has 2 rings (SSSR count). The molecular weight excluding hydrogens is 388 g/mol. The molecule has 104 valence electrons. The summed E-state index contributed by atoms with van der Waals surface area (Å²) in [7, 11) is 1.34. The van der Waals surface area contributed by atoms with Crippen LogP contribution in [0.25, 0.3) is 0 Å². The van der Waals surface area contributed by atoms with Gasteiger partial charge in [0.2, 0.25) is 0 Å². The smallest absolute Gasteiger partial charge is 0.358 e. The van der Waals surface area contributed by atoms with Crippen LogP contribution in [0, 0.1) is 0 Å². The molecule has 0 atom stereocenters. The summed E-state index contributed by atoms with van der Waals surface area (Å²) >= 11 is 6.74. The topological polar surface area (TPSA) is 51.2 Å². The number of carbonyl (C=O) groups is 1. The number of carbonyl (C=O) groups excluding carboxylic acids is 1. The molecule has 0 radical (unpaired) electrons. The molecule has 1 heterocycles. The van der Waals surface area contributed by atoms with Gasteiger partial charge in [0.05, 0.1) is 12.8 Å². The SMILES string of the molecule is COC(=O)c1ncc(Br)cc1NCc1ccc(Br)cc1. The fraction of sp³-hybridized carbons (Fsp3) is 0.143. The predicted octanol–water partition coefficient (Wildman–Crippen LogP) is 4.01. The van der Waals surface area contributed by atoms with Crippen LogP contribution < -0.4 is 5.32 Å². The zero-order valence-corrected chi connectivity index (χ0v) is 13.9. The number of esters is 1. The number of methoxy groups -OCH3 is 1. The molecule has 0 unspecified atom stereocenters. The summed E-state index contributed by atoms with van der Waals surface area (Å²) in [5, 5.41) is 3.20. The standard InChI is InChI=1S/C14H12Br2N2O2/c1-20-14(19)13-12(6-11(16)8-18-13)17-7-9-2-4-10(15)5-3-9/h2-6,8,17H,7H2,1H3. The molecule has 0 spiro atoms. The third-order valence-electron chi connectivity index (χ3n) is 2.63. The number of nitrogens with one attached hydrogen (secondary N) is 1. The molecule has 0 fully saturated rings. The molecule has 0 saturated heterocycles. The largest absolute Gasteiger partial charge is 0.464 e. The van der Waals surface area contributed by atoms with Crippen molar-refractivity contribution < 1.29 is 9.53 Å². The molecule has 4 nitrogen and oxygen atoms in total. The minimum atomic E-state index is -0.462. The van der Waals surface area contributed by atoms with E-state index in [2.05, 4.69) is 42.2 Å². The first-order chi connectivity index (χ1) is 9.60. The van der Waals surface area contributed by atoms with Gasteiger partial charge in [-0.05, 0) is 39.7 Å². The zero-order chi connectivity index (χ0) is 14.5. The van der Waals surface area contributed by atoms with Gasteiger partial charge < -0.3 is 10.1 Å². The van der Waals surface area contributed by atoms with Crippen molar-refractivity contribution in [1.29, 1.82) is 0 Å². The van der Waals surface area contributed by atoms with E-state index < -0.39 is 5.97 Å². The highest BCUT2D eigenvalue weighted by atomic mass is 79.9. The Labute approximate surface area is 133 Å². The molecule has 0 aliphatic heterocycles. The van der Waals surface area contributed by atoms with Crippen molar-refractivity contribution in [3.8, 4) is 0 Å². The third-order valence-corrected chi connectivity index (χ3v) is 3.59. The number of anilines is 1. The van der Waals surface area contributed by atoms with Crippen molar-refractivity contribution in [2.24, 2.45) is 0 Å². The van der Waals surface area contributed by atoms with Crippen molar-refractivity contribution in [3.63, 3.8) is 0 Å². The van der Waals surface area contributed by atoms with Gasteiger partial charge in [0, 0.05) is 21.7 Å². The fourth-order valence-electron chi connectivity index (χ4n) is 1.63. The second-order valence-corrected chi connectivity index (χ2v) is 5.85. The Morgan fingerprint density at radius 1 is 1.25 bits per heavy atom. The van der Waals surface area contributed by atoms with E-state index in [1.807, 2.05) is 24.3 Å². The number of nitrogens with zero attached hydrogens (tertiary/aromatic N) is 1. The van der Waals surface area contributed by atoms with Crippen LogP contribution in [-0.4, -0.2) is 18.1 Å². The highest BCUT2D eigenvalue weighted by molar-refractivity contribution is 9.10. The summed E-state index contributed by atoms with van der Waals surface area (Å²) in [5.74, 6) is -0.462. The molecule has 6 heteroatoms. The van der Waals surface area contributed by atoms with E-state index in [-0.39, 0.29) is 5.69 Å². The van der Waals surface area contributed by atoms with Crippen molar-refractivity contribution >= 4 is 43.5 Å². The number of hydrogen-bond donors (Lipinski definition) is 1. The molecule has 1 aromatic carbocycles. The van der Waals surface area contributed by atoms with Gasteiger partial charge in [-0.15, -0.1) is 0 Å². The maximum Gasteiger partial charge on any atom is 0.358 e. The molecular formula is C14H12Br2N2O2. The summed E-state index contributed by atoms with van der Waals surface area (Å²) in [6.07, 6.45) is 1.57. The van der Waals surface area contributed by atoms with Crippen molar-refractivity contribution in [2.45, 2.75) is 6.54 Å². The monoisotopic (exact) mass is 398 g/mol. The lowest BCUT2D eigenvalue weighted by Gasteiger charge is -2.10.